The van der Waals surface area contributed by atoms with Crippen molar-refractivity contribution in [1.29, 1.82) is 0 Å². The van der Waals surface area contributed by atoms with Gasteiger partial charge in [-0.15, -0.1) is 0 Å². The van der Waals surface area contributed by atoms with E-state index in [-0.39, 0.29) is 0 Å². The summed E-state index contributed by atoms with van der Waals surface area (Å²) in [5.41, 5.74) is 1.51. The first-order valence-electron chi connectivity index (χ1n) is 9.19. The van der Waals surface area contributed by atoms with Crippen LogP contribution in [-0.4, -0.2) is 39.8 Å². The summed E-state index contributed by atoms with van der Waals surface area (Å²) in [5, 5.41) is 8.11. The van der Waals surface area contributed by atoms with Gasteiger partial charge in [-0.05, 0) is 18.6 Å². The predicted molar refractivity (Wildman–Crippen MR) is 109 cm³/mol. The number of carbonyl (C=O) groups is 2. The molecule has 0 radical (unpaired) electrons. The highest BCUT2D eigenvalue weighted by Gasteiger charge is 2.23. The van der Waals surface area contributed by atoms with Crippen LogP contribution in [0.1, 0.15) is 24.1 Å². The number of hydrogen-bond acceptors (Lipinski definition) is 6. The van der Waals surface area contributed by atoms with Gasteiger partial charge in [-0.3, -0.25) is 15.4 Å². The molecule has 0 spiro atoms. The highest BCUT2D eigenvalue weighted by atomic mass is 16.5. The summed E-state index contributed by atoms with van der Waals surface area (Å²) in [6, 6.07) is 11.4. The smallest absolute Gasteiger partial charge is 0.321 e. The van der Waals surface area contributed by atoms with E-state index in [2.05, 4.69) is 16.0 Å². The first kappa shape index (κ1) is 22.0. The van der Waals surface area contributed by atoms with Gasteiger partial charge in [-0.2, -0.15) is 0 Å². The number of carbonyl (C=O) groups excluding carboxylic acids is 2. The standard InChI is InChI=1S/C21H27N3O5/c1-5-22-21(26)24-20(25)19(14-9-7-6-8-10-14)23-13-15-11-17(28-3)18(29-4)12-16(15)27-2/h6-12,19,23H,5,13H2,1-4H3,(H2,22,24,25,26)/t19-/m0/s1. The maximum atomic E-state index is 12.7. The third kappa shape index (κ3) is 5.86. The lowest BCUT2D eigenvalue weighted by molar-refractivity contribution is -0.122. The van der Waals surface area contributed by atoms with Crippen LogP contribution < -0.4 is 30.2 Å². The Hall–Kier alpha value is -3.26. The zero-order chi connectivity index (χ0) is 21.2. The van der Waals surface area contributed by atoms with Crippen molar-refractivity contribution in [3.8, 4) is 17.2 Å². The van der Waals surface area contributed by atoms with Gasteiger partial charge < -0.3 is 19.5 Å². The Kier molecular flexibility index (Phi) is 8.29. The Morgan fingerprint density at radius 3 is 2.14 bits per heavy atom. The maximum absolute atomic E-state index is 12.7. The third-order valence-corrected chi connectivity index (χ3v) is 4.25. The molecule has 0 fully saturated rings. The SMILES string of the molecule is CCNC(=O)NC(=O)[C@@H](NCc1cc(OC)c(OC)cc1OC)c1ccccc1. The Labute approximate surface area is 170 Å². The van der Waals surface area contributed by atoms with Gasteiger partial charge in [0.2, 0.25) is 5.91 Å². The van der Waals surface area contributed by atoms with E-state index in [1.54, 1.807) is 40.4 Å². The minimum absolute atomic E-state index is 0.298. The zero-order valence-corrected chi connectivity index (χ0v) is 17.1. The molecule has 0 saturated carbocycles. The third-order valence-electron chi connectivity index (χ3n) is 4.25. The number of urea groups is 1. The van der Waals surface area contributed by atoms with Crippen LogP contribution in [-0.2, 0) is 11.3 Å². The van der Waals surface area contributed by atoms with E-state index in [1.807, 2.05) is 30.3 Å². The molecule has 156 valence electrons. The average Bonchev–Trinajstić information content (AvgIpc) is 2.74. The van der Waals surface area contributed by atoms with Crippen molar-refractivity contribution < 1.29 is 23.8 Å². The van der Waals surface area contributed by atoms with E-state index in [0.29, 0.717) is 30.3 Å². The second kappa shape index (κ2) is 10.9. The van der Waals surface area contributed by atoms with Crippen molar-refractivity contribution in [3.05, 3.63) is 53.6 Å². The highest BCUT2D eigenvalue weighted by Crippen LogP contribution is 2.34. The van der Waals surface area contributed by atoms with Crippen molar-refractivity contribution in [3.63, 3.8) is 0 Å². The average molecular weight is 401 g/mol. The number of methoxy groups -OCH3 is 3. The fourth-order valence-electron chi connectivity index (χ4n) is 2.84. The van der Waals surface area contributed by atoms with Crippen LogP contribution in [0, 0.1) is 0 Å². The number of nitrogens with one attached hydrogen (secondary N) is 3. The zero-order valence-electron chi connectivity index (χ0n) is 17.1. The normalized spacial score (nSPS) is 11.3. The molecule has 2 aromatic carbocycles. The van der Waals surface area contributed by atoms with Gasteiger partial charge >= 0.3 is 6.03 Å². The molecular weight excluding hydrogens is 374 g/mol. The summed E-state index contributed by atoms with van der Waals surface area (Å²) in [6.45, 7) is 2.50. The molecule has 29 heavy (non-hydrogen) atoms. The lowest BCUT2D eigenvalue weighted by Crippen LogP contribution is -2.45. The second-order valence-corrected chi connectivity index (χ2v) is 6.09. The Balaban J connectivity index is 2.26. The van der Waals surface area contributed by atoms with Crippen molar-refractivity contribution in [1.82, 2.24) is 16.0 Å². The van der Waals surface area contributed by atoms with Gasteiger partial charge in [0.05, 0.1) is 21.3 Å². The summed E-state index contributed by atoms with van der Waals surface area (Å²) < 4.78 is 16.1. The number of benzene rings is 2. The highest BCUT2D eigenvalue weighted by molar-refractivity contribution is 5.97. The van der Waals surface area contributed by atoms with Gasteiger partial charge in [0.15, 0.2) is 11.5 Å². The Morgan fingerprint density at radius 2 is 1.55 bits per heavy atom. The summed E-state index contributed by atoms with van der Waals surface area (Å²) >= 11 is 0. The first-order valence-corrected chi connectivity index (χ1v) is 9.19. The van der Waals surface area contributed by atoms with Crippen molar-refractivity contribution >= 4 is 11.9 Å². The molecule has 0 aliphatic heterocycles. The van der Waals surface area contributed by atoms with Crippen LogP contribution >= 0.6 is 0 Å². The molecule has 8 heteroatoms. The summed E-state index contributed by atoms with van der Waals surface area (Å²) in [6.07, 6.45) is 0. The molecule has 0 aliphatic carbocycles. The summed E-state index contributed by atoms with van der Waals surface area (Å²) in [5.74, 6) is 1.22. The molecule has 0 saturated heterocycles. The van der Waals surface area contributed by atoms with Gasteiger partial charge in [-0.1, -0.05) is 30.3 Å². The van der Waals surface area contributed by atoms with Crippen LogP contribution in [0.5, 0.6) is 17.2 Å². The fraction of sp³-hybridized carbons (Fsp3) is 0.333. The monoisotopic (exact) mass is 401 g/mol. The minimum atomic E-state index is -0.739. The Morgan fingerprint density at radius 1 is 0.931 bits per heavy atom. The predicted octanol–water partition coefficient (Wildman–Crippen LogP) is 2.39. The number of imide groups is 1. The molecule has 0 bridgehead atoms. The van der Waals surface area contributed by atoms with E-state index in [1.165, 1.54) is 0 Å². The number of hydrogen-bond donors (Lipinski definition) is 3. The van der Waals surface area contributed by atoms with Gasteiger partial charge in [0, 0.05) is 24.7 Å². The first-order chi connectivity index (χ1) is 14.0. The van der Waals surface area contributed by atoms with Gasteiger partial charge in [0.1, 0.15) is 11.8 Å². The molecule has 0 aliphatic rings. The minimum Gasteiger partial charge on any atom is -0.496 e. The molecule has 8 nitrogen and oxygen atoms in total. The topological polar surface area (TPSA) is 97.9 Å². The Bertz CT molecular complexity index is 827. The molecular formula is C21H27N3O5. The van der Waals surface area contributed by atoms with Gasteiger partial charge in [0.25, 0.3) is 0 Å². The quantitative estimate of drug-likeness (QED) is 0.597. The molecule has 0 aromatic heterocycles. The molecule has 3 N–H and O–H groups in total. The van der Waals surface area contributed by atoms with E-state index < -0.39 is 18.0 Å². The van der Waals surface area contributed by atoms with E-state index in [4.69, 9.17) is 14.2 Å². The summed E-state index contributed by atoms with van der Waals surface area (Å²) in [7, 11) is 4.65. The van der Waals surface area contributed by atoms with Crippen molar-refractivity contribution in [2.45, 2.75) is 19.5 Å². The van der Waals surface area contributed by atoms with Crippen LogP contribution in [0.3, 0.4) is 0 Å². The summed E-state index contributed by atoms with van der Waals surface area (Å²) in [4.78, 5) is 24.5. The number of ether oxygens (including phenoxy) is 3. The molecule has 2 rings (SSSR count). The van der Waals surface area contributed by atoms with Gasteiger partial charge in [-0.25, -0.2) is 4.79 Å². The largest absolute Gasteiger partial charge is 0.496 e. The number of rotatable bonds is 9. The van der Waals surface area contributed by atoms with Crippen molar-refractivity contribution in [2.24, 2.45) is 0 Å². The molecule has 0 unspecified atom stereocenters. The molecule has 0 heterocycles. The van der Waals surface area contributed by atoms with Crippen molar-refractivity contribution in [2.75, 3.05) is 27.9 Å². The van der Waals surface area contributed by atoms with Crippen LogP contribution in [0.25, 0.3) is 0 Å². The second-order valence-electron chi connectivity index (χ2n) is 6.09. The lowest BCUT2D eigenvalue weighted by atomic mass is 10.1. The van der Waals surface area contributed by atoms with E-state index >= 15 is 0 Å². The lowest BCUT2D eigenvalue weighted by Gasteiger charge is -2.20. The van der Waals surface area contributed by atoms with E-state index in [9.17, 15) is 9.59 Å². The molecule has 2 aromatic rings. The van der Waals surface area contributed by atoms with Crippen LogP contribution in [0.4, 0.5) is 4.79 Å². The number of amides is 3. The van der Waals surface area contributed by atoms with Crippen LogP contribution in [0.15, 0.2) is 42.5 Å². The maximum Gasteiger partial charge on any atom is 0.321 e. The van der Waals surface area contributed by atoms with E-state index in [0.717, 1.165) is 11.1 Å². The fourth-order valence-corrected chi connectivity index (χ4v) is 2.84. The van der Waals surface area contributed by atoms with Crippen LogP contribution in [0.2, 0.25) is 0 Å². The molecule has 3 amide bonds. The molecule has 1 atom stereocenters.